The van der Waals surface area contributed by atoms with Gasteiger partial charge in [-0.25, -0.2) is 4.57 Å². The molecule has 1 aromatic heterocycles. The normalized spacial score (nSPS) is 10.2. The maximum absolute atomic E-state index is 5.35. The quantitative estimate of drug-likeness (QED) is 0.596. The van der Waals surface area contributed by atoms with E-state index in [2.05, 4.69) is 16.7 Å². The molecule has 2 aromatic rings. The maximum Gasteiger partial charge on any atom is 0.204 e. The largest absolute Gasteiger partial charge is 0.497 e. The van der Waals surface area contributed by atoms with Gasteiger partial charge in [0.05, 0.1) is 14.2 Å². The third kappa shape index (κ3) is 3.96. The number of benzene rings is 1. The first kappa shape index (κ1) is 16.5. The molecule has 106 valence electrons. The van der Waals surface area contributed by atoms with E-state index in [1.807, 2.05) is 49.7 Å². The lowest BCUT2D eigenvalue weighted by atomic mass is 10.1. The van der Waals surface area contributed by atoms with Gasteiger partial charge >= 0.3 is 0 Å². The predicted molar refractivity (Wildman–Crippen MR) is 91.5 cm³/mol. The molecule has 1 heterocycles. The van der Waals surface area contributed by atoms with Crippen LogP contribution in [0.4, 0.5) is 0 Å². The Morgan fingerprint density at radius 1 is 1.00 bits per heavy atom. The summed E-state index contributed by atoms with van der Waals surface area (Å²) in [6.45, 7) is 0. The van der Waals surface area contributed by atoms with Gasteiger partial charge in [-0.15, -0.1) is 24.0 Å². The number of aryl methyl sites for hydroxylation is 1. The summed E-state index contributed by atoms with van der Waals surface area (Å²) < 4.78 is 12.6. The lowest BCUT2D eigenvalue weighted by Gasteiger charge is -2.06. The first-order chi connectivity index (χ1) is 9.24. The molecule has 3 nitrogen and oxygen atoms in total. The number of ether oxygens (including phenoxy) is 2. The molecule has 1 aromatic carbocycles. The first-order valence-corrected chi connectivity index (χ1v) is 6.09. The van der Waals surface area contributed by atoms with Crippen LogP contribution in [-0.4, -0.2) is 14.2 Å². The van der Waals surface area contributed by atoms with Crippen molar-refractivity contribution in [3.8, 4) is 11.5 Å². The Morgan fingerprint density at radius 2 is 1.80 bits per heavy atom. The lowest BCUT2D eigenvalue weighted by molar-refractivity contribution is -0.673. The van der Waals surface area contributed by atoms with E-state index in [0.29, 0.717) is 0 Å². The molecule has 0 aliphatic heterocycles. The van der Waals surface area contributed by atoms with Crippen LogP contribution in [-0.2, 0) is 7.05 Å². The van der Waals surface area contributed by atoms with Gasteiger partial charge < -0.3 is 9.47 Å². The average Bonchev–Trinajstić information content (AvgIpc) is 2.46. The van der Waals surface area contributed by atoms with E-state index in [-0.39, 0.29) is 24.0 Å². The molecule has 0 bridgehead atoms. The smallest absolute Gasteiger partial charge is 0.204 e. The van der Waals surface area contributed by atoms with Gasteiger partial charge in [0.2, 0.25) is 5.69 Å². The number of hydrogen-bond donors (Lipinski definition) is 0. The molecule has 0 radical (unpaired) electrons. The van der Waals surface area contributed by atoms with Gasteiger partial charge in [-0.3, -0.25) is 0 Å². The highest BCUT2D eigenvalue weighted by Crippen LogP contribution is 2.25. The second-order valence-electron chi connectivity index (χ2n) is 4.18. The van der Waals surface area contributed by atoms with Gasteiger partial charge in [0.25, 0.3) is 0 Å². The summed E-state index contributed by atoms with van der Waals surface area (Å²) in [5.41, 5.74) is 2.11. The molecule has 0 unspecified atom stereocenters. The van der Waals surface area contributed by atoms with E-state index in [1.165, 1.54) is 0 Å². The van der Waals surface area contributed by atoms with Crippen molar-refractivity contribution in [3.05, 3.63) is 53.9 Å². The number of methoxy groups -OCH3 is 2. The van der Waals surface area contributed by atoms with Gasteiger partial charge in [0.15, 0.2) is 6.20 Å². The summed E-state index contributed by atoms with van der Waals surface area (Å²) in [5, 5.41) is 0. The van der Waals surface area contributed by atoms with Crippen LogP contribution in [0.5, 0.6) is 11.5 Å². The van der Waals surface area contributed by atoms with Crippen LogP contribution in [0.2, 0.25) is 0 Å². The van der Waals surface area contributed by atoms with Crippen molar-refractivity contribution in [3.63, 3.8) is 0 Å². The Kier molecular flexibility index (Phi) is 6.51. The zero-order valence-electron chi connectivity index (χ0n) is 11.9. The van der Waals surface area contributed by atoms with Crippen molar-refractivity contribution < 1.29 is 14.0 Å². The highest BCUT2D eigenvalue weighted by atomic mass is 127. The van der Waals surface area contributed by atoms with Crippen LogP contribution in [0.3, 0.4) is 0 Å². The topological polar surface area (TPSA) is 22.3 Å². The molecule has 0 N–H and O–H groups in total. The third-order valence-electron chi connectivity index (χ3n) is 2.97. The van der Waals surface area contributed by atoms with Gasteiger partial charge in [-0.2, -0.15) is 0 Å². The van der Waals surface area contributed by atoms with E-state index in [1.54, 1.807) is 14.2 Å². The minimum atomic E-state index is 0. The molecular weight excluding hydrogens is 365 g/mol. The fraction of sp³-hybridized carbons (Fsp3) is 0.188. The molecular formula is C16H19INO2+. The van der Waals surface area contributed by atoms with Crippen molar-refractivity contribution >= 4 is 36.1 Å². The van der Waals surface area contributed by atoms with Gasteiger partial charge in [0.1, 0.15) is 18.5 Å². The van der Waals surface area contributed by atoms with Crippen molar-refractivity contribution in [1.82, 2.24) is 0 Å². The maximum atomic E-state index is 5.35. The number of pyridine rings is 1. The summed E-state index contributed by atoms with van der Waals surface area (Å²) in [4.78, 5) is 0. The molecule has 0 saturated carbocycles. The summed E-state index contributed by atoms with van der Waals surface area (Å²) >= 11 is 0. The summed E-state index contributed by atoms with van der Waals surface area (Å²) in [6.07, 6.45) is 6.09. The van der Waals surface area contributed by atoms with Gasteiger partial charge in [0, 0.05) is 23.8 Å². The van der Waals surface area contributed by atoms with Crippen molar-refractivity contribution in [2.45, 2.75) is 0 Å². The molecule has 0 aliphatic carbocycles. The Balaban J connectivity index is 0.00000200. The van der Waals surface area contributed by atoms with Crippen LogP contribution in [0.15, 0.2) is 42.6 Å². The van der Waals surface area contributed by atoms with Crippen LogP contribution in [0.1, 0.15) is 11.3 Å². The fourth-order valence-electron chi connectivity index (χ4n) is 1.85. The SMILES string of the molecule is COc1ccc(OC)c(/C=C/c2cccc[n+]2C)c1.I. The Morgan fingerprint density at radius 3 is 2.45 bits per heavy atom. The minimum Gasteiger partial charge on any atom is -0.497 e. The molecule has 0 amide bonds. The molecule has 0 spiro atoms. The number of hydrogen-bond acceptors (Lipinski definition) is 2. The Hall–Kier alpha value is -1.56. The molecule has 20 heavy (non-hydrogen) atoms. The van der Waals surface area contributed by atoms with E-state index >= 15 is 0 Å². The zero-order valence-corrected chi connectivity index (χ0v) is 14.2. The van der Waals surface area contributed by atoms with Crippen molar-refractivity contribution in [1.29, 1.82) is 0 Å². The van der Waals surface area contributed by atoms with Crippen LogP contribution >= 0.6 is 24.0 Å². The molecule has 0 saturated heterocycles. The zero-order chi connectivity index (χ0) is 13.7. The van der Waals surface area contributed by atoms with E-state index in [4.69, 9.17) is 9.47 Å². The summed E-state index contributed by atoms with van der Waals surface area (Å²) in [5.74, 6) is 1.65. The van der Waals surface area contributed by atoms with Gasteiger partial charge in [-0.1, -0.05) is 0 Å². The van der Waals surface area contributed by atoms with Crippen molar-refractivity contribution in [2.24, 2.45) is 7.05 Å². The second-order valence-corrected chi connectivity index (χ2v) is 4.18. The van der Waals surface area contributed by atoms with Crippen LogP contribution in [0.25, 0.3) is 12.2 Å². The summed E-state index contributed by atoms with van der Waals surface area (Å²) in [6, 6.07) is 11.8. The predicted octanol–water partition coefficient (Wildman–Crippen LogP) is 3.32. The highest BCUT2D eigenvalue weighted by molar-refractivity contribution is 14.0. The molecule has 4 heteroatoms. The molecule has 2 rings (SSSR count). The average molecular weight is 384 g/mol. The number of aromatic nitrogens is 1. The molecule has 0 fully saturated rings. The van der Waals surface area contributed by atoms with E-state index in [0.717, 1.165) is 22.8 Å². The number of rotatable bonds is 4. The first-order valence-electron chi connectivity index (χ1n) is 6.09. The van der Waals surface area contributed by atoms with Crippen LogP contribution in [0, 0.1) is 0 Å². The van der Waals surface area contributed by atoms with Crippen molar-refractivity contribution in [2.75, 3.05) is 14.2 Å². The summed E-state index contributed by atoms with van der Waals surface area (Å²) in [7, 11) is 5.34. The fourth-order valence-corrected chi connectivity index (χ4v) is 1.85. The van der Waals surface area contributed by atoms with Gasteiger partial charge in [-0.05, 0) is 30.3 Å². The standard InChI is InChI=1S/C16H18NO2.HI/c1-17-11-5-4-6-14(17)8-7-13-12-15(18-2)9-10-16(13)19-3;/h4-12H,1-3H3;1H/q+1;/b8-7+;. The number of nitrogens with zero attached hydrogens (tertiary/aromatic N) is 1. The van der Waals surface area contributed by atoms with E-state index < -0.39 is 0 Å². The number of halogens is 1. The molecule has 0 aliphatic rings. The van der Waals surface area contributed by atoms with Crippen LogP contribution < -0.4 is 14.0 Å². The lowest BCUT2D eigenvalue weighted by Crippen LogP contribution is -2.30. The minimum absolute atomic E-state index is 0. The Bertz CT molecular complexity index is 597. The monoisotopic (exact) mass is 384 g/mol. The Labute approximate surface area is 136 Å². The highest BCUT2D eigenvalue weighted by Gasteiger charge is 2.04. The van der Waals surface area contributed by atoms with E-state index in [9.17, 15) is 0 Å². The third-order valence-corrected chi connectivity index (χ3v) is 2.97. The second kappa shape index (κ2) is 7.89. The molecule has 0 atom stereocenters.